The second-order valence-corrected chi connectivity index (χ2v) is 12.2. The first-order valence-corrected chi connectivity index (χ1v) is 14.6. The van der Waals surface area contributed by atoms with Gasteiger partial charge in [0.05, 0.1) is 30.6 Å². The van der Waals surface area contributed by atoms with Crippen molar-refractivity contribution in [1.82, 2.24) is 4.90 Å². The second-order valence-electron chi connectivity index (χ2n) is 11.0. The van der Waals surface area contributed by atoms with Gasteiger partial charge in [-0.3, -0.25) is 14.4 Å². The Bertz CT molecular complexity index is 1510. The number of carbonyl (C=O) groups excluding carboxylic acids is 2. The van der Waals surface area contributed by atoms with E-state index in [4.69, 9.17) is 4.74 Å². The third-order valence-corrected chi connectivity index (χ3v) is 9.63. The van der Waals surface area contributed by atoms with Crippen molar-refractivity contribution in [2.45, 2.75) is 41.5 Å². The lowest BCUT2D eigenvalue weighted by Gasteiger charge is -2.39. The van der Waals surface area contributed by atoms with Crippen molar-refractivity contribution in [2.24, 2.45) is 11.8 Å². The van der Waals surface area contributed by atoms with E-state index in [-0.39, 0.29) is 11.4 Å². The summed E-state index contributed by atoms with van der Waals surface area (Å²) in [7, 11) is 0. The molecule has 2 N–H and O–H groups in total. The number of ether oxygens (including phenoxy) is 1. The van der Waals surface area contributed by atoms with Crippen LogP contribution in [-0.4, -0.2) is 74.7 Å². The average molecular weight is 620 g/mol. The Morgan fingerprint density at radius 2 is 1.83 bits per heavy atom. The molecule has 41 heavy (non-hydrogen) atoms. The van der Waals surface area contributed by atoms with E-state index >= 15 is 0 Å². The third-order valence-electron chi connectivity index (χ3n) is 8.79. The summed E-state index contributed by atoms with van der Waals surface area (Å²) in [5, 5.41) is 22.8. The van der Waals surface area contributed by atoms with Gasteiger partial charge in [-0.1, -0.05) is 82.7 Å². The highest BCUT2D eigenvalue weighted by molar-refractivity contribution is 9.09. The van der Waals surface area contributed by atoms with Crippen LogP contribution in [0.4, 0.5) is 5.69 Å². The van der Waals surface area contributed by atoms with Crippen LogP contribution in [0.25, 0.3) is 10.8 Å². The van der Waals surface area contributed by atoms with Crippen LogP contribution in [0.15, 0.2) is 85.5 Å². The van der Waals surface area contributed by atoms with E-state index in [0.29, 0.717) is 18.5 Å². The van der Waals surface area contributed by atoms with Crippen LogP contribution >= 0.6 is 15.9 Å². The first kappa shape index (κ1) is 27.6. The highest BCUT2D eigenvalue weighted by Gasteiger charge is 2.77. The Morgan fingerprint density at radius 3 is 2.51 bits per heavy atom. The Labute approximate surface area is 246 Å². The molecule has 3 aromatic carbocycles. The summed E-state index contributed by atoms with van der Waals surface area (Å²) in [6, 6.07) is 21.1. The fraction of sp³-hybridized carbons (Fsp3) is 0.344. The summed E-state index contributed by atoms with van der Waals surface area (Å²) in [5.41, 5.74) is 0.161. The zero-order valence-corrected chi connectivity index (χ0v) is 23.9. The predicted molar refractivity (Wildman–Crippen MR) is 158 cm³/mol. The van der Waals surface area contributed by atoms with Gasteiger partial charge in [0.1, 0.15) is 11.6 Å². The Morgan fingerprint density at radius 1 is 1.12 bits per heavy atom. The maximum absolute atomic E-state index is 14.8. The number of hydrogen-bond donors (Lipinski definition) is 2. The van der Waals surface area contributed by atoms with E-state index in [1.807, 2.05) is 72.8 Å². The summed E-state index contributed by atoms with van der Waals surface area (Å²) >= 11 is 3.59. The van der Waals surface area contributed by atoms with Gasteiger partial charge in [-0.2, -0.15) is 0 Å². The fourth-order valence-electron chi connectivity index (χ4n) is 7.10. The maximum Gasteiger partial charge on any atom is 0.310 e. The van der Waals surface area contributed by atoms with E-state index in [0.717, 1.165) is 16.3 Å². The third kappa shape index (κ3) is 4.38. The molecule has 7 atom stereocenters. The Balaban J connectivity index is 1.47. The molecule has 3 fully saturated rings. The highest BCUT2D eigenvalue weighted by atomic mass is 79.9. The van der Waals surface area contributed by atoms with E-state index in [1.165, 1.54) is 4.90 Å². The summed E-state index contributed by atoms with van der Waals surface area (Å²) < 4.78 is 6.44. The molecule has 2 bridgehead atoms. The normalized spacial score (nSPS) is 29.0. The zero-order valence-electron chi connectivity index (χ0n) is 22.3. The molecule has 6 rings (SSSR count). The minimum atomic E-state index is -1.35. The molecule has 3 saturated heterocycles. The quantitative estimate of drug-likeness (QED) is 0.279. The summed E-state index contributed by atoms with van der Waals surface area (Å²) in [6.07, 6.45) is 1.48. The smallest absolute Gasteiger partial charge is 0.310 e. The molecule has 0 radical (unpaired) electrons. The number of halogens is 1. The molecule has 8 nitrogen and oxygen atoms in total. The van der Waals surface area contributed by atoms with Crippen LogP contribution in [0.3, 0.4) is 0 Å². The number of carbonyl (C=O) groups is 3. The number of anilines is 1. The van der Waals surface area contributed by atoms with Crippen LogP contribution < -0.4 is 4.90 Å². The van der Waals surface area contributed by atoms with Crippen LogP contribution in [0, 0.1) is 11.8 Å². The number of hydrogen-bond acceptors (Lipinski definition) is 5. The number of aliphatic hydroxyl groups is 1. The molecular formula is C32H31BrN2O6. The van der Waals surface area contributed by atoms with Gasteiger partial charge in [0, 0.05) is 17.1 Å². The zero-order chi connectivity index (χ0) is 28.9. The van der Waals surface area contributed by atoms with Gasteiger partial charge < -0.3 is 24.7 Å². The van der Waals surface area contributed by atoms with Crippen molar-refractivity contribution in [1.29, 1.82) is 0 Å². The van der Waals surface area contributed by atoms with E-state index in [2.05, 4.69) is 22.5 Å². The molecule has 212 valence electrons. The van der Waals surface area contributed by atoms with Crippen LogP contribution in [-0.2, 0) is 25.5 Å². The molecule has 3 aromatic rings. The topological polar surface area (TPSA) is 107 Å². The van der Waals surface area contributed by atoms with Crippen molar-refractivity contribution in [3.05, 3.63) is 91.0 Å². The van der Waals surface area contributed by atoms with Crippen LogP contribution in [0.2, 0.25) is 0 Å². The SMILES string of the molecule is C=CCN(C(=O)C1N([C@@H](CO)Cc2ccccc2)C(=O)[C@@H]2[C@@H](C(=O)O)[C@@H]3OC12CC3Br)c1ccc2ccccc2c1. The molecular weight excluding hydrogens is 588 g/mol. The molecule has 0 aliphatic carbocycles. The van der Waals surface area contributed by atoms with Crippen molar-refractivity contribution in [3.63, 3.8) is 0 Å². The number of carboxylic acids is 1. The summed E-state index contributed by atoms with van der Waals surface area (Å²) in [5.74, 6) is -4.14. The molecule has 3 aliphatic rings. The van der Waals surface area contributed by atoms with Gasteiger partial charge in [-0.25, -0.2) is 0 Å². The lowest BCUT2D eigenvalue weighted by atomic mass is 9.70. The molecule has 1 spiro atoms. The van der Waals surface area contributed by atoms with E-state index in [9.17, 15) is 24.6 Å². The molecule has 0 aromatic heterocycles. The van der Waals surface area contributed by atoms with Crippen molar-refractivity contribution >= 4 is 50.2 Å². The highest BCUT2D eigenvalue weighted by Crippen LogP contribution is 2.60. The van der Waals surface area contributed by atoms with Gasteiger partial charge >= 0.3 is 5.97 Å². The number of alkyl halides is 1. The molecule has 3 aliphatic heterocycles. The summed E-state index contributed by atoms with van der Waals surface area (Å²) in [6.45, 7) is 3.64. The first-order valence-electron chi connectivity index (χ1n) is 13.7. The van der Waals surface area contributed by atoms with Gasteiger partial charge in [0.2, 0.25) is 5.91 Å². The Hall–Kier alpha value is -3.53. The molecule has 2 amide bonds. The number of carboxylic acid groups (broad SMARTS) is 1. The van der Waals surface area contributed by atoms with Gasteiger partial charge in [0.15, 0.2) is 0 Å². The largest absolute Gasteiger partial charge is 0.481 e. The minimum Gasteiger partial charge on any atom is -0.481 e. The molecule has 3 heterocycles. The Kier molecular flexibility index (Phi) is 7.21. The van der Waals surface area contributed by atoms with Crippen molar-refractivity contribution in [2.75, 3.05) is 18.1 Å². The number of rotatable bonds is 9. The van der Waals surface area contributed by atoms with Gasteiger partial charge in [-0.15, -0.1) is 6.58 Å². The van der Waals surface area contributed by atoms with Crippen molar-refractivity contribution in [3.8, 4) is 0 Å². The monoisotopic (exact) mass is 618 g/mol. The number of amides is 2. The lowest BCUT2D eigenvalue weighted by Crippen LogP contribution is -2.59. The van der Waals surface area contributed by atoms with Crippen LogP contribution in [0.5, 0.6) is 0 Å². The predicted octanol–water partition coefficient (Wildman–Crippen LogP) is 3.80. The molecule has 0 saturated carbocycles. The van der Waals surface area contributed by atoms with Crippen LogP contribution in [0.1, 0.15) is 12.0 Å². The first-order chi connectivity index (χ1) is 19.8. The number of aliphatic carboxylic acids is 1. The number of aliphatic hydroxyl groups excluding tert-OH is 1. The maximum atomic E-state index is 14.8. The van der Waals surface area contributed by atoms with E-state index < -0.39 is 60.0 Å². The minimum absolute atomic E-state index is 0.169. The molecule has 3 unspecified atom stereocenters. The molecule has 9 heteroatoms. The lowest BCUT2D eigenvalue weighted by molar-refractivity contribution is -0.150. The number of likely N-dealkylation sites (tertiary alicyclic amines) is 1. The number of benzene rings is 3. The number of nitrogens with zero attached hydrogens (tertiary/aromatic N) is 2. The summed E-state index contributed by atoms with van der Waals surface area (Å²) in [4.78, 5) is 44.2. The van der Waals surface area contributed by atoms with Crippen molar-refractivity contribution < 1.29 is 29.3 Å². The standard InChI is InChI=1S/C32H31BrN2O6/c1-2-14-34(22-13-12-20-10-6-7-11-21(20)16-22)30(38)28-32-17-24(33)27(41-32)25(31(39)40)26(32)29(37)35(28)23(18-36)15-19-8-4-3-5-9-19/h2-13,16,23-28,36H,1,14-15,17-18H2,(H,39,40)/t23-,24?,25-,26+,27-,28?,32?/m1/s1. The number of fused-ring (bicyclic) bond motifs is 2. The fourth-order valence-corrected chi connectivity index (χ4v) is 8.05. The van der Waals surface area contributed by atoms with Gasteiger partial charge in [0.25, 0.3) is 5.91 Å². The second kappa shape index (κ2) is 10.7. The van der Waals surface area contributed by atoms with E-state index in [1.54, 1.807) is 11.0 Å². The van der Waals surface area contributed by atoms with Gasteiger partial charge in [-0.05, 0) is 41.3 Å². The average Bonchev–Trinajstić information content (AvgIpc) is 3.58.